The van der Waals surface area contributed by atoms with Crippen molar-refractivity contribution in [3.05, 3.63) is 42.0 Å². The molecule has 9 heteroatoms. The SMILES string of the molecule is COc1ccc(CCC(=O)Nc2ccc(S(=O)(=O)N(C)C(C)C)cc2)c(OC)c1OC. The second-order valence-corrected chi connectivity index (χ2v) is 9.18. The summed E-state index contributed by atoms with van der Waals surface area (Å²) in [5.74, 6) is 1.35. The first-order valence-electron chi connectivity index (χ1n) is 9.81. The molecule has 0 saturated heterocycles. The van der Waals surface area contributed by atoms with Gasteiger partial charge in [0.25, 0.3) is 0 Å². The van der Waals surface area contributed by atoms with Crippen LogP contribution in [-0.4, -0.2) is 53.0 Å². The molecule has 2 aromatic carbocycles. The number of amides is 1. The number of ether oxygens (including phenoxy) is 3. The molecule has 2 aromatic rings. The molecule has 0 aliphatic rings. The Bertz CT molecular complexity index is 1000. The Morgan fingerprint density at radius 1 is 0.968 bits per heavy atom. The normalized spacial score (nSPS) is 11.5. The highest BCUT2D eigenvalue weighted by molar-refractivity contribution is 7.89. The maximum Gasteiger partial charge on any atom is 0.243 e. The number of benzene rings is 2. The Balaban J connectivity index is 2.06. The third kappa shape index (κ3) is 5.68. The summed E-state index contributed by atoms with van der Waals surface area (Å²) in [5, 5.41) is 2.79. The van der Waals surface area contributed by atoms with Crippen molar-refractivity contribution in [2.75, 3.05) is 33.7 Å². The number of methoxy groups -OCH3 is 3. The minimum absolute atomic E-state index is 0.155. The lowest BCUT2D eigenvalue weighted by atomic mass is 10.1. The third-order valence-electron chi connectivity index (χ3n) is 4.95. The fourth-order valence-corrected chi connectivity index (χ4v) is 4.35. The van der Waals surface area contributed by atoms with Gasteiger partial charge in [-0.05, 0) is 56.2 Å². The Morgan fingerprint density at radius 3 is 2.10 bits per heavy atom. The Kier molecular flexibility index (Phi) is 8.29. The number of anilines is 1. The Morgan fingerprint density at radius 2 is 1.58 bits per heavy atom. The molecular formula is C22H30N2O6S. The van der Waals surface area contributed by atoms with E-state index in [4.69, 9.17) is 14.2 Å². The number of carbonyl (C=O) groups excluding carboxylic acids is 1. The molecule has 0 aliphatic heterocycles. The summed E-state index contributed by atoms with van der Waals surface area (Å²) in [6.07, 6.45) is 0.642. The smallest absolute Gasteiger partial charge is 0.243 e. The van der Waals surface area contributed by atoms with E-state index in [0.717, 1.165) is 5.56 Å². The minimum atomic E-state index is -3.57. The topological polar surface area (TPSA) is 94.2 Å². The summed E-state index contributed by atoms with van der Waals surface area (Å²) < 4.78 is 42.4. The molecule has 0 atom stereocenters. The average Bonchev–Trinajstić information content (AvgIpc) is 2.76. The standard InChI is InChI=1S/C22H30N2O6S/c1-15(2)24(3)31(26,27)18-11-9-17(10-12-18)23-20(25)14-8-16-7-13-19(28-4)22(30-6)21(16)29-5/h7,9-13,15H,8,14H2,1-6H3,(H,23,25). The van der Waals surface area contributed by atoms with Gasteiger partial charge in [0.1, 0.15) is 0 Å². The summed E-state index contributed by atoms with van der Waals surface area (Å²) in [5.41, 5.74) is 1.34. The van der Waals surface area contributed by atoms with Gasteiger partial charge in [-0.25, -0.2) is 8.42 Å². The van der Waals surface area contributed by atoms with E-state index < -0.39 is 10.0 Å². The third-order valence-corrected chi connectivity index (χ3v) is 7.00. The summed E-state index contributed by atoms with van der Waals surface area (Å²) >= 11 is 0. The molecule has 0 unspecified atom stereocenters. The Hall–Kier alpha value is -2.78. The van der Waals surface area contributed by atoms with Crippen LogP contribution in [0.5, 0.6) is 17.2 Å². The molecule has 31 heavy (non-hydrogen) atoms. The molecule has 0 heterocycles. The van der Waals surface area contributed by atoms with Gasteiger partial charge >= 0.3 is 0 Å². The molecule has 170 valence electrons. The molecule has 0 aromatic heterocycles. The molecule has 0 aliphatic carbocycles. The molecule has 0 fully saturated rings. The first-order chi connectivity index (χ1) is 14.6. The van der Waals surface area contributed by atoms with Crippen molar-refractivity contribution in [3.63, 3.8) is 0 Å². The van der Waals surface area contributed by atoms with Crippen molar-refractivity contribution < 1.29 is 27.4 Å². The number of nitrogens with one attached hydrogen (secondary N) is 1. The highest BCUT2D eigenvalue weighted by Gasteiger charge is 2.23. The molecular weight excluding hydrogens is 420 g/mol. The van der Waals surface area contributed by atoms with Crippen LogP contribution in [-0.2, 0) is 21.2 Å². The zero-order valence-electron chi connectivity index (χ0n) is 18.8. The van der Waals surface area contributed by atoms with E-state index >= 15 is 0 Å². The van der Waals surface area contributed by atoms with Crippen molar-refractivity contribution in [2.24, 2.45) is 0 Å². The zero-order chi connectivity index (χ0) is 23.2. The summed E-state index contributed by atoms with van der Waals surface area (Å²) in [4.78, 5) is 12.6. The van der Waals surface area contributed by atoms with Crippen LogP contribution in [0.25, 0.3) is 0 Å². The van der Waals surface area contributed by atoms with Crippen molar-refractivity contribution >= 4 is 21.6 Å². The molecule has 0 radical (unpaired) electrons. The van der Waals surface area contributed by atoms with Crippen LogP contribution in [0, 0.1) is 0 Å². The van der Waals surface area contributed by atoms with Gasteiger partial charge in [0.15, 0.2) is 11.5 Å². The fourth-order valence-electron chi connectivity index (χ4n) is 2.99. The van der Waals surface area contributed by atoms with Crippen molar-refractivity contribution in [1.82, 2.24) is 4.31 Å². The Labute approximate surface area is 184 Å². The fraction of sp³-hybridized carbons (Fsp3) is 0.409. The highest BCUT2D eigenvalue weighted by Crippen LogP contribution is 2.40. The first kappa shape index (κ1) is 24.5. The van der Waals surface area contributed by atoms with E-state index in [2.05, 4.69) is 5.32 Å². The average molecular weight is 451 g/mol. The van der Waals surface area contributed by atoms with Crippen LogP contribution in [0.2, 0.25) is 0 Å². The number of rotatable bonds is 10. The highest BCUT2D eigenvalue weighted by atomic mass is 32.2. The maximum absolute atomic E-state index is 12.5. The molecule has 2 rings (SSSR count). The van der Waals surface area contributed by atoms with Gasteiger partial charge in [0, 0.05) is 25.2 Å². The van der Waals surface area contributed by atoms with Crippen LogP contribution in [0.3, 0.4) is 0 Å². The van der Waals surface area contributed by atoms with Gasteiger partial charge in [0.2, 0.25) is 21.7 Å². The number of hydrogen-bond acceptors (Lipinski definition) is 6. The maximum atomic E-state index is 12.5. The first-order valence-corrected chi connectivity index (χ1v) is 11.3. The van der Waals surface area contributed by atoms with Gasteiger partial charge in [-0.3, -0.25) is 4.79 Å². The van der Waals surface area contributed by atoms with Gasteiger partial charge in [-0.2, -0.15) is 4.31 Å². The second-order valence-electron chi connectivity index (χ2n) is 7.18. The molecule has 0 bridgehead atoms. The van der Waals surface area contributed by atoms with Gasteiger partial charge in [-0.1, -0.05) is 6.07 Å². The summed E-state index contributed by atoms with van der Waals surface area (Å²) in [6.45, 7) is 3.61. The van der Waals surface area contributed by atoms with Gasteiger partial charge in [0.05, 0.1) is 26.2 Å². The predicted octanol–water partition coefficient (Wildman–Crippen LogP) is 3.31. The largest absolute Gasteiger partial charge is 0.493 e. The van der Waals surface area contributed by atoms with Crippen LogP contribution in [0.1, 0.15) is 25.8 Å². The lowest BCUT2D eigenvalue weighted by Crippen LogP contribution is -2.33. The van der Waals surface area contributed by atoms with E-state index in [9.17, 15) is 13.2 Å². The number of aryl methyl sites for hydroxylation is 1. The number of carbonyl (C=O) groups is 1. The molecule has 1 amide bonds. The molecule has 0 spiro atoms. The lowest BCUT2D eigenvalue weighted by Gasteiger charge is -2.21. The van der Waals surface area contributed by atoms with Crippen LogP contribution >= 0.6 is 0 Å². The van der Waals surface area contributed by atoms with E-state index in [-0.39, 0.29) is 23.3 Å². The molecule has 0 saturated carbocycles. The van der Waals surface area contributed by atoms with Crippen molar-refractivity contribution in [1.29, 1.82) is 0 Å². The van der Waals surface area contributed by atoms with Crippen LogP contribution in [0.4, 0.5) is 5.69 Å². The number of sulfonamides is 1. The summed E-state index contributed by atoms with van der Waals surface area (Å²) in [7, 11) is 2.58. The van der Waals surface area contributed by atoms with Gasteiger partial charge < -0.3 is 19.5 Å². The zero-order valence-corrected chi connectivity index (χ0v) is 19.6. The van der Waals surface area contributed by atoms with E-state index in [0.29, 0.717) is 29.4 Å². The van der Waals surface area contributed by atoms with Crippen LogP contribution in [0.15, 0.2) is 41.3 Å². The van der Waals surface area contributed by atoms with Crippen molar-refractivity contribution in [2.45, 2.75) is 37.6 Å². The quantitative estimate of drug-likeness (QED) is 0.597. The van der Waals surface area contributed by atoms with Gasteiger partial charge in [-0.15, -0.1) is 0 Å². The second kappa shape index (κ2) is 10.5. The minimum Gasteiger partial charge on any atom is -0.493 e. The molecule has 1 N–H and O–H groups in total. The van der Waals surface area contributed by atoms with E-state index in [1.54, 1.807) is 39.2 Å². The molecule has 8 nitrogen and oxygen atoms in total. The van der Waals surface area contributed by atoms with Crippen molar-refractivity contribution in [3.8, 4) is 17.2 Å². The van der Waals surface area contributed by atoms with E-state index in [1.807, 2.05) is 6.07 Å². The monoisotopic (exact) mass is 450 g/mol. The summed E-state index contributed by atoms with van der Waals surface area (Å²) in [6, 6.07) is 9.58. The number of hydrogen-bond donors (Lipinski definition) is 1. The van der Waals surface area contributed by atoms with E-state index in [1.165, 1.54) is 37.7 Å². The lowest BCUT2D eigenvalue weighted by molar-refractivity contribution is -0.116. The van der Waals surface area contributed by atoms with Crippen LogP contribution < -0.4 is 19.5 Å². The predicted molar refractivity (Wildman–Crippen MR) is 120 cm³/mol. The number of nitrogens with zero attached hydrogens (tertiary/aromatic N) is 1.